The van der Waals surface area contributed by atoms with E-state index >= 15 is 0 Å². The summed E-state index contributed by atoms with van der Waals surface area (Å²) in [6.45, 7) is 0.585. The fraction of sp³-hybridized carbons (Fsp3) is 1.00. The normalized spacial score (nSPS) is 14.1. The molecule has 0 aliphatic rings. The Morgan fingerprint density at radius 2 is 2.43 bits per heavy atom. The van der Waals surface area contributed by atoms with Crippen molar-refractivity contribution in [1.29, 1.82) is 0 Å². The van der Waals surface area contributed by atoms with E-state index in [-0.39, 0.29) is 6.10 Å². The van der Waals surface area contributed by atoms with Gasteiger partial charge >= 0.3 is 0 Å². The molecule has 7 heavy (non-hydrogen) atoms. The van der Waals surface area contributed by atoms with Gasteiger partial charge in [-0.2, -0.15) is 0 Å². The van der Waals surface area contributed by atoms with E-state index in [4.69, 9.17) is 10.5 Å². The second-order valence-electron chi connectivity index (χ2n) is 1.25. The Bertz CT molecular complexity index is 33.2. The second kappa shape index (κ2) is 4.56. The van der Waals surface area contributed by atoms with Crippen LogP contribution in [0.3, 0.4) is 0 Å². The maximum Gasteiger partial charge on any atom is 0.0790 e. The van der Waals surface area contributed by atoms with Gasteiger partial charge in [-0.15, -0.1) is 0 Å². The third-order valence-electron chi connectivity index (χ3n) is 0.768. The molecule has 0 aromatic carbocycles. The van der Waals surface area contributed by atoms with Gasteiger partial charge in [0.25, 0.3) is 0 Å². The van der Waals surface area contributed by atoms with E-state index in [1.807, 2.05) is 0 Å². The summed E-state index contributed by atoms with van der Waals surface area (Å²) >= 11 is 3.23. The highest BCUT2D eigenvalue weighted by Gasteiger charge is 1.97. The Kier molecular flexibility index (Phi) is 4.82. The highest BCUT2D eigenvalue weighted by atomic mass is 79.9. The van der Waals surface area contributed by atoms with E-state index in [0.29, 0.717) is 6.54 Å². The molecule has 0 heterocycles. The van der Waals surface area contributed by atoms with Crippen molar-refractivity contribution in [1.82, 2.24) is 0 Å². The Balaban J connectivity index is 2.99. The van der Waals surface area contributed by atoms with Crippen molar-refractivity contribution < 1.29 is 4.74 Å². The van der Waals surface area contributed by atoms with Crippen molar-refractivity contribution in [2.24, 2.45) is 5.73 Å². The zero-order valence-corrected chi connectivity index (χ0v) is 5.94. The minimum Gasteiger partial charge on any atom is -0.379 e. The quantitative estimate of drug-likeness (QED) is 0.617. The molecule has 3 heteroatoms. The predicted molar refractivity (Wildman–Crippen MR) is 33.6 cm³/mol. The van der Waals surface area contributed by atoms with Gasteiger partial charge in [0.15, 0.2) is 0 Å². The lowest BCUT2D eigenvalue weighted by molar-refractivity contribution is 0.130. The first kappa shape index (κ1) is 7.40. The zero-order chi connectivity index (χ0) is 5.70. The summed E-state index contributed by atoms with van der Waals surface area (Å²) in [4.78, 5) is 0. The molecule has 0 saturated heterocycles. The molecule has 0 fully saturated rings. The van der Waals surface area contributed by atoms with Crippen molar-refractivity contribution in [3.05, 3.63) is 0 Å². The third kappa shape index (κ3) is 3.02. The third-order valence-corrected chi connectivity index (χ3v) is 1.49. The monoisotopic (exact) mass is 167 g/mol. The number of ether oxygens (including phenoxy) is 1. The molecule has 0 radical (unpaired) electrons. The SMILES string of the molecule is CO[C@H](CN)CBr. The molecular formula is C4H10BrNO. The Morgan fingerprint density at radius 3 is 2.43 bits per heavy atom. The van der Waals surface area contributed by atoms with E-state index < -0.39 is 0 Å². The molecule has 44 valence electrons. The van der Waals surface area contributed by atoms with Crippen molar-refractivity contribution in [2.45, 2.75) is 6.10 Å². The first-order chi connectivity index (χ1) is 3.35. The maximum atomic E-state index is 5.24. The van der Waals surface area contributed by atoms with Gasteiger partial charge in [0, 0.05) is 19.0 Å². The summed E-state index contributed by atoms with van der Waals surface area (Å²) in [5, 5.41) is 0.819. The molecule has 0 unspecified atom stereocenters. The first-order valence-corrected chi connectivity index (χ1v) is 3.26. The molecule has 0 aromatic heterocycles. The van der Waals surface area contributed by atoms with Crippen LogP contribution in [0.15, 0.2) is 0 Å². The summed E-state index contributed by atoms with van der Waals surface area (Å²) in [6.07, 6.45) is 0.181. The minimum atomic E-state index is 0.181. The lowest BCUT2D eigenvalue weighted by Gasteiger charge is -2.06. The van der Waals surface area contributed by atoms with Crippen molar-refractivity contribution in [3.8, 4) is 0 Å². The van der Waals surface area contributed by atoms with Crippen LogP contribution >= 0.6 is 15.9 Å². The van der Waals surface area contributed by atoms with Gasteiger partial charge in [-0.25, -0.2) is 0 Å². The van der Waals surface area contributed by atoms with E-state index in [9.17, 15) is 0 Å². The van der Waals surface area contributed by atoms with Crippen LogP contribution in [0, 0.1) is 0 Å². The molecule has 0 spiro atoms. The summed E-state index contributed by atoms with van der Waals surface area (Å²) in [5.41, 5.74) is 5.24. The number of nitrogens with two attached hydrogens (primary N) is 1. The lowest BCUT2D eigenvalue weighted by Crippen LogP contribution is -2.23. The van der Waals surface area contributed by atoms with Crippen LogP contribution in [-0.2, 0) is 4.74 Å². The van der Waals surface area contributed by atoms with Gasteiger partial charge in [-0.1, -0.05) is 15.9 Å². The van der Waals surface area contributed by atoms with E-state index in [2.05, 4.69) is 15.9 Å². The average molecular weight is 168 g/mol. The number of hydrogen-bond acceptors (Lipinski definition) is 2. The van der Waals surface area contributed by atoms with Gasteiger partial charge in [0.05, 0.1) is 6.10 Å². The summed E-state index contributed by atoms with van der Waals surface area (Å²) in [5.74, 6) is 0. The van der Waals surface area contributed by atoms with E-state index in [1.54, 1.807) is 7.11 Å². The number of methoxy groups -OCH3 is 1. The molecule has 1 atom stereocenters. The van der Waals surface area contributed by atoms with Gasteiger partial charge in [0.1, 0.15) is 0 Å². The molecule has 0 saturated carbocycles. The fourth-order valence-corrected chi connectivity index (χ4v) is 0.751. The van der Waals surface area contributed by atoms with Crippen LogP contribution in [0.5, 0.6) is 0 Å². The molecular weight excluding hydrogens is 158 g/mol. The molecule has 0 aliphatic carbocycles. The van der Waals surface area contributed by atoms with Gasteiger partial charge < -0.3 is 10.5 Å². The number of rotatable bonds is 3. The van der Waals surface area contributed by atoms with E-state index in [1.165, 1.54) is 0 Å². The number of halogens is 1. The predicted octanol–water partition coefficient (Wildman–Crippen LogP) is 0.355. The van der Waals surface area contributed by atoms with Crippen LogP contribution in [0.25, 0.3) is 0 Å². The molecule has 0 bridgehead atoms. The molecule has 0 aromatic rings. The number of alkyl halides is 1. The summed E-state index contributed by atoms with van der Waals surface area (Å²) in [7, 11) is 1.65. The minimum absolute atomic E-state index is 0.181. The van der Waals surface area contributed by atoms with Crippen molar-refractivity contribution >= 4 is 15.9 Å². The van der Waals surface area contributed by atoms with Gasteiger partial charge in [-0.05, 0) is 0 Å². The van der Waals surface area contributed by atoms with Crippen LogP contribution in [-0.4, -0.2) is 25.1 Å². The van der Waals surface area contributed by atoms with Crippen LogP contribution < -0.4 is 5.73 Å². The summed E-state index contributed by atoms with van der Waals surface area (Å²) in [6, 6.07) is 0. The molecule has 0 amide bonds. The van der Waals surface area contributed by atoms with Crippen LogP contribution in [0.2, 0.25) is 0 Å². The molecule has 0 rings (SSSR count). The van der Waals surface area contributed by atoms with Gasteiger partial charge in [0.2, 0.25) is 0 Å². The second-order valence-corrected chi connectivity index (χ2v) is 1.90. The average Bonchev–Trinajstić information content (AvgIpc) is 1.72. The lowest BCUT2D eigenvalue weighted by atomic mass is 10.4. The molecule has 2 nitrogen and oxygen atoms in total. The topological polar surface area (TPSA) is 35.2 Å². The molecule has 2 N–H and O–H groups in total. The first-order valence-electron chi connectivity index (χ1n) is 2.14. The Morgan fingerprint density at radius 1 is 1.86 bits per heavy atom. The Hall–Kier alpha value is 0.400. The fourth-order valence-electron chi connectivity index (χ4n) is 0.222. The van der Waals surface area contributed by atoms with Crippen LogP contribution in [0.4, 0.5) is 0 Å². The van der Waals surface area contributed by atoms with Gasteiger partial charge in [-0.3, -0.25) is 0 Å². The smallest absolute Gasteiger partial charge is 0.0790 e. The highest BCUT2D eigenvalue weighted by Crippen LogP contribution is 1.90. The molecule has 0 aliphatic heterocycles. The number of hydrogen-bond donors (Lipinski definition) is 1. The summed E-state index contributed by atoms with van der Waals surface area (Å²) < 4.78 is 4.88. The highest BCUT2D eigenvalue weighted by molar-refractivity contribution is 9.09. The van der Waals surface area contributed by atoms with Crippen LogP contribution in [0.1, 0.15) is 0 Å². The Labute approximate surface area is 52.2 Å². The maximum absolute atomic E-state index is 5.24. The zero-order valence-electron chi connectivity index (χ0n) is 4.36. The van der Waals surface area contributed by atoms with E-state index in [0.717, 1.165) is 5.33 Å². The standard InChI is InChI=1S/C4H10BrNO/c1-7-4(2-5)3-6/h4H,2-3,6H2,1H3/t4-/m0/s1. The van der Waals surface area contributed by atoms with Crippen molar-refractivity contribution in [3.63, 3.8) is 0 Å². The van der Waals surface area contributed by atoms with Crippen molar-refractivity contribution in [2.75, 3.05) is 19.0 Å². The largest absolute Gasteiger partial charge is 0.379 e.